The number of nitrogens with zero attached hydrogens (tertiary/aromatic N) is 2. The molecule has 1 aromatic heterocycles. The van der Waals surface area contributed by atoms with Gasteiger partial charge in [0.2, 0.25) is 0 Å². The summed E-state index contributed by atoms with van der Waals surface area (Å²) in [7, 11) is 0. The van der Waals surface area contributed by atoms with Crippen LogP contribution < -0.4 is 5.73 Å². The number of halogens is 4. The van der Waals surface area contributed by atoms with E-state index in [1.165, 1.54) is 18.2 Å². The van der Waals surface area contributed by atoms with E-state index in [9.17, 15) is 22.4 Å². The van der Waals surface area contributed by atoms with Crippen LogP contribution in [0.4, 0.5) is 17.6 Å². The van der Waals surface area contributed by atoms with Crippen molar-refractivity contribution in [2.45, 2.75) is 31.2 Å². The quantitative estimate of drug-likeness (QED) is 0.622. The van der Waals surface area contributed by atoms with Gasteiger partial charge in [0, 0.05) is 12.0 Å². The van der Waals surface area contributed by atoms with E-state index >= 15 is 0 Å². The van der Waals surface area contributed by atoms with Crippen molar-refractivity contribution in [1.29, 1.82) is 0 Å². The molecule has 0 aliphatic carbocycles. The van der Waals surface area contributed by atoms with Crippen LogP contribution in [0, 0.1) is 11.6 Å². The highest BCUT2D eigenvalue weighted by atomic mass is 19.3. The van der Waals surface area contributed by atoms with E-state index in [-0.39, 0.29) is 37.1 Å². The van der Waals surface area contributed by atoms with Crippen LogP contribution in [0.1, 0.15) is 34.5 Å². The fourth-order valence-corrected chi connectivity index (χ4v) is 3.10. The number of carbonyl (C=O) groups is 1. The van der Waals surface area contributed by atoms with Crippen LogP contribution in [-0.4, -0.2) is 29.8 Å². The van der Waals surface area contributed by atoms with Gasteiger partial charge < -0.3 is 10.5 Å². The van der Waals surface area contributed by atoms with E-state index in [0.29, 0.717) is 5.56 Å². The smallest absolute Gasteiger partial charge is 0.283 e. The van der Waals surface area contributed by atoms with E-state index in [0.717, 1.165) is 18.3 Å². The highest BCUT2D eigenvalue weighted by Crippen LogP contribution is 2.40. The summed E-state index contributed by atoms with van der Waals surface area (Å²) in [6.07, 6.45) is -2.32. The summed E-state index contributed by atoms with van der Waals surface area (Å²) in [6.45, 7) is 0.0971. The van der Waals surface area contributed by atoms with Crippen molar-refractivity contribution in [1.82, 2.24) is 4.98 Å². The number of amidine groups is 1. The third kappa shape index (κ3) is 3.97. The van der Waals surface area contributed by atoms with E-state index in [2.05, 4.69) is 9.98 Å². The van der Waals surface area contributed by atoms with E-state index in [4.69, 9.17) is 10.5 Å². The number of alkyl halides is 2. The molecule has 0 fully saturated rings. The lowest BCUT2D eigenvalue weighted by atomic mass is 9.84. The Labute approximate surface area is 158 Å². The topological polar surface area (TPSA) is 77.6 Å². The van der Waals surface area contributed by atoms with E-state index in [1.807, 2.05) is 0 Å². The zero-order chi connectivity index (χ0) is 20.3. The molecule has 9 heteroatoms. The molecule has 1 aromatic carbocycles. The second-order valence-electron chi connectivity index (χ2n) is 6.40. The number of nitrogens with two attached hydrogens (primary N) is 1. The van der Waals surface area contributed by atoms with Gasteiger partial charge in [-0.3, -0.25) is 9.78 Å². The summed E-state index contributed by atoms with van der Waals surface area (Å²) in [6, 6.07) is 5.39. The zero-order valence-electron chi connectivity index (χ0n) is 14.7. The zero-order valence-corrected chi connectivity index (χ0v) is 14.7. The number of ether oxygens (including phenoxy) is 1. The van der Waals surface area contributed by atoms with Crippen molar-refractivity contribution >= 4 is 11.8 Å². The fourth-order valence-electron chi connectivity index (χ4n) is 3.10. The van der Waals surface area contributed by atoms with Gasteiger partial charge >= 0.3 is 0 Å². The molecule has 148 valence electrons. The number of Topliss-reactive ketones (excluding diaryl/α,β-unsaturated/α-hetero) is 1. The van der Waals surface area contributed by atoms with Gasteiger partial charge in [-0.25, -0.2) is 22.6 Å². The van der Waals surface area contributed by atoms with Crippen molar-refractivity contribution < 1.29 is 27.1 Å². The summed E-state index contributed by atoms with van der Waals surface area (Å²) in [5.74, 6) is -1.93. The van der Waals surface area contributed by atoms with Crippen LogP contribution in [0.15, 0.2) is 41.5 Å². The van der Waals surface area contributed by atoms with Gasteiger partial charge in [-0.15, -0.1) is 0 Å². The van der Waals surface area contributed by atoms with E-state index < -0.39 is 35.4 Å². The molecule has 1 atom stereocenters. The molecule has 0 saturated carbocycles. The number of carbonyl (C=O) groups excluding carboxylic acids is 1. The fraction of sp³-hybridized carbons (Fsp3) is 0.316. The normalized spacial score (nSPS) is 19.7. The molecule has 0 unspecified atom stereocenters. The van der Waals surface area contributed by atoms with Crippen molar-refractivity contribution in [3.63, 3.8) is 0 Å². The standard InChI is InChI=1S/C19H17F4N3O2/c20-12-3-5-15(25-10-12)16(27)9-11-2-4-14(21)13(8-11)19(17(22)23)6-1-7-28-18(24)26-19/h2-5,8,10,17H,1,6-7,9H2,(H2,24,26)/t19-/m0/s1. The molecular formula is C19H17F4N3O2. The minimum Gasteiger partial charge on any atom is -0.465 e. The molecule has 2 heterocycles. The van der Waals surface area contributed by atoms with Gasteiger partial charge in [0.15, 0.2) is 11.3 Å². The summed E-state index contributed by atoms with van der Waals surface area (Å²) < 4.78 is 60.4. The van der Waals surface area contributed by atoms with Gasteiger partial charge in [-0.2, -0.15) is 0 Å². The van der Waals surface area contributed by atoms with Crippen LogP contribution in [0.25, 0.3) is 0 Å². The lowest BCUT2D eigenvalue weighted by Gasteiger charge is -2.29. The van der Waals surface area contributed by atoms with Gasteiger partial charge in [-0.1, -0.05) is 6.07 Å². The maximum absolute atomic E-state index is 14.5. The Kier molecular flexibility index (Phi) is 5.62. The molecule has 1 aliphatic heterocycles. The molecule has 0 amide bonds. The first-order valence-electron chi connectivity index (χ1n) is 8.52. The molecule has 28 heavy (non-hydrogen) atoms. The van der Waals surface area contributed by atoms with Crippen molar-refractivity contribution in [2.24, 2.45) is 10.7 Å². The Morgan fingerprint density at radius 1 is 1.25 bits per heavy atom. The lowest BCUT2D eigenvalue weighted by molar-refractivity contribution is 0.0459. The van der Waals surface area contributed by atoms with Gasteiger partial charge in [-0.05, 0) is 42.7 Å². The molecule has 0 saturated heterocycles. The molecule has 1 aliphatic rings. The maximum Gasteiger partial charge on any atom is 0.283 e. The molecule has 2 N–H and O–H groups in total. The van der Waals surface area contributed by atoms with Crippen LogP contribution in [0.2, 0.25) is 0 Å². The Morgan fingerprint density at radius 3 is 2.71 bits per heavy atom. The van der Waals surface area contributed by atoms with Gasteiger partial charge in [0.25, 0.3) is 12.4 Å². The predicted octanol–water partition coefficient (Wildman–Crippen LogP) is 3.37. The Morgan fingerprint density at radius 2 is 2.04 bits per heavy atom. The average Bonchev–Trinajstić information content (AvgIpc) is 2.86. The molecule has 2 aromatic rings. The SMILES string of the molecule is NC1=N[C@@](c2cc(CC(=O)c3ccc(F)cn3)ccc2F)(C(F)F)CCCO1. The number of hydrogen-bond acceptors (Lipinski definition) is 5. The average molecular weight is 395 g/mol. The number of pyridine rings is 1. The summed E-state index contributed by atoms with van der Waals surface area (Å²) in [5.41, 5.74) is 3.28. The highest BCUT2D eigenvalue weighted by molar-refractivity contribution is 5.95. The number of aromatic nitrogens is 1. The summed E-state index contributed by atoms with van der Waals surface area (Å²) >= 11 is 0. The third-order valence-electron chi connectivity index (χ3n) is 4.50. The first-order valence-corrected chi connectivity index (χ1v) is 8.52. The molecule has 3 rings (SSSR count). The Balaban J connectivity index is 1.97. The first-order chi connectivity index (χ1) is 13.3. The molecule has 0 bridgehead atoms. The van der Waals surface area contributed by atoms with Gasteiger partial charge in [0.1, 0.15) is 17.3 Å². The number of hydrogen-bond donors (Lipinski definition) is 1. The van der Waals surface area contributed by atoms with Crippen LogP contribution in [0.3, 0.4) is 0 Å². The minimum absolute atomic E-state index is 0.0148. The summed E-state index contributed by atoms with van der Waals surface area (Å²) in [4.78, 5) is 19.8. The van der Waals surface area contributed by atoms with Crippen molar-refractivity contribution in [3.05, 3.63) is 65.0 Å². The predicted molar refractivity (Wildman–Crippen MR) is 93.1 cm³/mol. The first kappa shape index (κ1) is 19.8. The molecule has 0 spiro atoms. The minimum atomic E-state index is -3.04. The third-order valence-corrected chi connectivity index (χ3v) is 4.50. The number of ketones is 1. The number of aliphatic imine (C=N–C) groups is 1. The maximum atomic E-state index is 14.5. The number of rotatable bonds is 5. The lowest BCUT2D eigenvalue weighted by Crippen LogP contribution is -2.35. The van der Waals surface area contributed by atoms with Crippen molar-refractivity contribution in [2.75, 3.05) is 6.61 Å². The second kappa shape index (κ2) is 7.95. The molecular weight excluding hydrogens is 378 g/mol. The van der Waals surface area contributed by atoms with Gasteiger partial charge in [0.05, 0.1) is 12.8 Å². The Hall–Kier alpha value is -2.97. The number of benzene rings is 1. The van der Waals surface area contributed by atoms with Crippen molar-refractivity contribution in [3.8, 4) is 0 Å². The van der Waals surface area contributed by atoms with E-state index in [1.54, 1.807) is 0 Å². The van der Waals surface area contributed by atoms with Crippen LogP contribution in [0.5, 0.6) is 0 Å². The largest absolute Gasteiger partial charge is 0.465 e. The van der Waals surface area contributed by atoms with Crippen LogP contribution in [-0.2, 0) is 16.7 Å². The molecule has 5 nitrogen and oxygen atoms in total. The molecule has 0 radical (unpaired) electrons. The van der Waals surface area contributed by atoms with Crippen LogP contribution >= 0.6 is 0 Å². The second-order valence-corrected chi connectivity index (χ2v) is 6.40. The highest BCUT2D eigenvalue weighted by Gasteiger charge is 2.45. The summed E-state index contributed by atoms with van der Waals surface area (Å²) in [5, 5.41) is 0. The monoisotopic (exact) mass is 395 g/mol. The Bertz CT molecular complexity index is 903.